The van der Waals surface area contributed by atoms with Crippen molar-refractivity contribution in [1.29, 1.82) is 0 Å². The molecule has 1 amide bonds. The first kappa shape index (κ1) is 13.1. The highest BCUT2D eigenvalue weighted by atomic mass is 16.3. The monoisotopic (exact) mass is 247 g/mol. The summed E-state index contributed by atoms with van der Waals surface area (Å²) in [6.45, 7) is 4.95. The number of amides is 1. The fourth-order valence-electron chi connectivity index (χ4n) is 2.21. The molecule has 0 aliphatic carbocycles. The molecule has 0 radical (unpaired) electrons. The fourth-order valence-corrected chi connectivity index (χ4v) is 2.21. The van der Waals surface area contributed by atoms with E-state index in [0.29, 0.717) is 19.5 Å². The van der Waals surface area contributed by atoms with Crippen LogP contribution in [0.3, 0.4) is 0 Å². The van der Waals surface area contributed by atoms with Gasteiger partial charge in [-0.2, -0.15) is 0 Å². The van der Waals surface area contributed by atoms with Gasteiger partial charge in [-0.25, -0.2) is 0 Å². The molecule has 2 rings (SSSR count). The fraction of sp³-hybridized carbons (Fsp3) is 0.533. The quantitative estimate of drug-likeness (QED) is 0.882. The molecule has 3 heteroatoms. The van der Waals surface area contributed by atoms with Crippen molar-refractivity contribution in [2.45, 2.75) is 32.3 Å². The Morgan fingerprint density at radius 2 is 1.94 bits per heavy atom. The number of rotatable bonds is 4. The second kappa shape index (κ2) is 5.11. The second-order valence-corrected chi connectivity index (χ2v) is 5.49. The Kier molecular flexibility index (Phi) is 3.71. The molecule has 3 nitrogen and oxygen atoms in total. The summed E-state index contributed by atoms with van der Waals surface area (Å²) in [5.74, 6) is 0.347. The average Bonchev–Trinajstić information content (AvgIpc) is 2.33. The summed E-state index contributed by atoms with van der Waals surface area (Å²) in [6, 6.07) is 10.0. The molecule has 1 aromatic rings. The maximum absolute atomic E-state index is 11.9. The highest BCUT2D eigenvalue weighted by Crippen LogP contribution is 2.29. The third kappa shape index (κ3) is 2.72. The zero-order valence-corrected chi connectivity index (χ0v) is 11.1. The van der Waals surface area contributed by atoms with Gasteiger partial charge >= 0.3 is 0 Å². The third-order valence-corrected chi connectivity index (χ3v) is 3.83. The second-order valence-electron chi connectivity index (χ2n) is 5.49. The maximum atomic E-state index is 11.9. The van der Waals surface area contributed by atoms with Crippen LogP contribution in [0.2, 0.25) is 0 Å². The predicted octanol–water partition coefficient (Wildman–Crippen LogP) is 1.85. The van der Waals surface area contributed by atoms with Gasteiger partial charge < -0.3 is 10.0 Å². The molecule has 0 bridgehead atoms. The standard InChI is InChI=1S/C15H21NO2/c1-12(2)15(18)10-16(11-15)14(17)9-8-13-6-4-3-5-7-13/h3-7,12,18H,8-11H2,1-2H3. The Labute approximate surface area is 108 Å². The minimum Gasteiger partial charge on any atom is -0.386 e. The van der Waals surface area contributed by atoms with Gasteiger partial charge in [-0.05, 0) is 17.9 Å². The van der Waals surface area contributed by atoms with Crippen molar-refractivity contribution in [3.05, 3.63) is 35.9 Å². The van der Waals surface area contributed by atoms with Crippen molar-refractivity contribution in [2.24, 2.45) is 5.92 Å². The highest BCUT2D eigenvalue weighted by Gasteiger charge is 2.45. The first-order chi connectivity index (χ1) is 8.51. The number of likely N-dealkylation sites (tertiary alicyclic amines) is 1. The van der Waals surface area contributed by atoms with E-state index in [1.54, 1.807) is 4.90 Å². The lowest BCUT2D eigenvalue weighted by Gasteiger charge is -2.49. The number of β-amino-alcohol motifs (C(OH)–C–C–N with tert-alkyl or cyclic N) is 1. The Morgan fingerprint density at radius 1 is 1.33 bits per heavy atom. The van der Waals surface area contributed by atoms with Crippen LogP contribution in [0.15, 0.2) is 30.3 Å². The molecule has 0 saturated carbocycles. The molecule has 1 fully saturated rings. The number of hydrogen-bond donors (Lipinski definition) is 1. The Bertz CT molecular complexity index is 408. The molecular formula is C15H21NO2. The molecule has 18 heavy (non-hydrogen) atoms. The van der Waals surface area contributed by atoms with Crippen LogP contribution in [0.25, 0.3) is 0 Å². The molecule has 98 valence electrons. The lowest BCUT2D eigenvalue weighted by atomic mass is 9.83. The first-order valence-corrected chi connectivity index (χ1v) is 6.55. The predicted molar refractivity (Wildman–Crippen MR) is 71.1 cm³/mol. The summed E-state index contributed by atoms with van der Waals surface area (Å²) in [5, 5.41) is 10.1. The molecule has 0 unspecified atom stereocenters. The van der Waals surface area contributed by atoms with E-state index < -0.39 is 5.60 Å². The van der Waals surface area contributed by atoms with E-state index in [9.17, 15) is 9.90 Å². The van der Waals surface area contributed by atoms with Crippen LogP contribution < -0.4 is 0 Å². The lowest BCUT2D eigenvalue weighted by molar-refractivity contribution is -0.163. The minimum absolute atomic E-state index is 0.143. The molecule has 1 N–H and O–H groups in total. The first-order valence-electron chi connectivity index (χ1n) is 6.55. The molecule has 1 aliphatic heterocycles. The lowest BCUT2D eigenvalue weighted by Crippen LogP contribution is -2.65. The van der Waals surface area contributed by atoms with Crippen LogP contribution >= 0.6 is 0 Å². The summed E-state index contributed by atoms with van der Waals surface area (Å²) in [6.07, 6.45) is 1.30. The molecule has 0 aromatic heterocycles. The van der Waals surface area contributed by atoms with Gasteiger partial charge in [0.1, 0.15) is 5.60 Å². The number of hydrogen-bond acceptors (Lipinski definition) is 2. The van der Waals surface area contributed by atoms with Crippen LogP contribution in [0, 0.1) is 5.92 Å². The number of carbonyl (C=O) groups is 1. The van der Waals surface area contributed by atoms with Crippen LogP contribution in [0.5, 0.6) is 0 Å². The number of carbonyl (C=O) groups excluding carboxylic acids is 1. The number of aliphatic hydroxyl groups is 1. The van der Waals surface area contributed by atoms with Crippen LogP contribution in [-0.4, -0.2) is 34.6 Å². The van der Waals surface area contributed by atoms with Crippen molar-refractivity contribution in [3.8, 4) is 0 Å². The van der Waals surface area contributed by atoms with E-state index in [-0.39, 0.29) is 11.8 Å². The maximum Gasteiger partial charge on any atom is 0.223 e. The zero-order valence-electron chi connectivity index (χ0n) is 11.1. The summed E-state index contributed by atoms with van der Waals surface area (Å²) >= 11 is 0. The van der Waals surface area contributed by atoms with E-state index in [2.05, 4.69) is 0 Å². The van der Waals surface area contributed by atoms with Gasteiger partial charge in [0.05, 0.1) is 13.1 Å². The van der Waals surface area contributed by atoms with Gasteiger partial charge in [0.25, 0.3) is 0 Å². The van der Waals surface area contributed by atoms with E-state index in [0.717, 1.165) is 6.42 Å². The smallest absolute Gasteiger partial charge is 0.223 e. The molecule has 0 atom stereocenters. The van der Waals surface area contributed by atoms with Crippen LogP contribution in [0.1, 0.15) is 25.8 Å². The minimum atomic E-state index is -0.664. The van der Waals surface area contributed by atoms with Crippen LogP contribution in [0.4, 0.5) is 0 Å². The van der Waals surface area contributed by atoms with Gasteiger partial charge in [-0.1, -0.05) is 44.2 Å². The van der Waals surface area contributed by atoms with Crippen LogP contribution in [-0.2, 0) is 11.2 Å². The van der Waals surface area contributed by atoms with Crippen molar-refractivity contribution < 1.29 is 9.90 Å². The largest absolute Gasteiger partial charge is 0.386 e. The molecule has 1 saturated heterocycles. The van der Waals surface area contributed by atoms with Gasteiger partial charge in [0.15, 0.2) is 0 Å². The summed E-state index contributed by atoms with van der Waals surface area (Å²) in [7, 11) is 0. The van der Waals surface area contributed by atoms with E-state index in [1.165, 1.54) is 5.56 Å². The summed E-state index contributed by atoms with van der Waals surface area (Å²) in [5.41, 5.74) is 0.521. The number of nitrogens with zero attached hydrogens (tertiary/aromatic N) is 1. The average molecular weight is 247 g/mol. The Morgan fingerprint density at radius 3 is 2.50 bits per heavy atom. The molecule has 1 heterocycles. The Hall–Kier alpha value is -1.35. The van der Waals surface area contributed by atoms with Gasteiger partial charge in [0, 0.05) is 6.42 Å². The van der Waals surface area contributed by atoms with Crippen molar-refractivity contribution in [1.82, 2.24) is 4.90 Å². The molecule has 1 aromatic carbocycles. The summed E-state index contributed by atoms with van der Waals surface area (Å²) in [4.78, 5) is 13.7. The van der Waals surface area contributed by atoms with Crippen molar-refractivity contribution >= 4 is 5.91 Å². The van der Waals surface area contributed by atoms with E-state index in [1.807, 2.05) is 44.2 Å². The Balaban J connectivity index is 1.78. The van der Waals surface area contributed by atoms with Gasteiger partial charge in [0.2, 0.25) is 5.91 Å². The molecular weight excluding hydrogens is 226 g/mol. The molecule has 0 spiro atoms. The number of aryl methyl sites for hydroxylation is 1. The summed E-state index contributed by atoms with van der Waals surface area (Å²) < 4.78 is 0. The van der Waals surface area contributed by atoms with Crippen molar-refractivity contribution in [3.63, 3.8) is 0 Å². The SMILES string of the molecule is CC(C)C1(O)CN(C(=O)CCc2ccccc2)C1. The number of benzene rings is 1. The van der Waals surface area contributed by atoms with Crippen molar-refractivity contribution in [2.75, 3.05) is 13.1 Å². The van der Waals surface area contributed by atoms with E-state index >= 15 is 0 Å². The van der Waals surface area contributed by atoms with Gasteiger partial charge in [-0.15, -0.1) is 0 Å². The normalized spacial score (nSPS) is 17.7. The molecule has 1 aliphatic rings. The topological polar surface area (TPSA) is 40.5 Å². The van der Waals surface area contributed by atoms with E-state index in [4.69, 9.17) is 0 Å². The zero-order chi connectivity index (χ0) is 13.2. The highest BCUT2D eigenvalue weighted by molar-refractivity contribution is 5.77. The van der Waals surface area contributed by atoms with Gasteiger partial charge in [-0.3, -0.25) is 4.79 Å². The third-order valence-electron chi connectivity index (χ3n) is 3.83.